The smallest absolute Gasteiger partial charge is 0.170 e. The van der Waals surface area contributed by atoms with Crippen molar-refractivity contribution in [3.8, 4) is 11.3 Å². The summed E-state index contributed by atoms with van der Waals surface area (Å²) in [7, 11) is 1.82. The lowest BCUT2D eigenvalue weighted by atomic mass is 10.1. The molecule has 0 fully saturated rings. The molecule has 0 saturated carbocycles. The summed E-state index contributed by atoms with van der Waals surface area (Å²) in [6.45, 7) is 0.609. The summed E-state index contributed by atoms with van der Waals surface area (Å²) in [4.78, 5) is 0. The molecule has 3 nitrogen and oxygen atoms in total. The van der Waals surface area contributed by atoms with Crippen LogP contribution in [-0.2, 0) is 6.54 Å². The van der Waals surface area contributed by atoms with E-state index >= 15 is 0 Å². The van der Waals surface area contributed by atoms with Gasteiger partial charge in [0.2, 0.25) is 0 Å². The Morgan fingerprint density at radius 3 is 2.93 bits per heavy atom. The van der Waals surface area contributed by atoms with Crippen molar-refractivity contribution >= 4 is 0 Å². The normalized spacial score (nSPS) is 10.5. The van der Waals surface area contributed by atoms with Gasteiger partial charge in [-0.05, 0) is 19.2 Å². The summed E-state index contributed by atoms with van der Waals surface area (Å²) in [5.41, 5.74) is 1.20. The Bertz CT molecular complexity index is 453. The molecule has 0 unspecified atom stereocenters. The van der Waals surface area contributed by atoms with E-state index < -0.39 is 0 Å². The van der Waals surface area contributed by atoms with Crippen LogP contribution in [-0.4, -0.2) is 12.2 Å². The first-order valence-corrected chi connectivity index (χ1v) is 4.66. The molecule has 0 spiro atoms. The Kier molecular flexibility index (Phi) is 2.78. The summed E-state index contributed by atoms with van der Waals surface area (Å²) < 4.78 is 18.4. The molecule has 1 N–H and O–H groups in total. The lowest BCUT2D eigenvalue weighted by Crippen LogP contribution is -2.04. The number of hydrogen-bond acceptors (Lipinski definition) is 3. The second-order valence-electron chi connectivity index (χ2n) is 3.19. The van der Waals surface area contributed by atoms with Gasteiger partial charge in [0.1, 0.15) is 5.82 Å². The van der Waals surface area contributed by atoms with Gasteiger partial charge >= 0.3 is 0 Å². The van der Waals surface area contributed by atoms with E-state index in [0.717, 1.165) is 5.69 Å². The number of benzene rings is 1. The van der Waals surface area contributed by atoms with E-state index in [2.05, 4.69) is 10.5 Å². The Labute approximate surface area is 86.9 Å². The summed E-state index contributed by atoms with van der Waals surface area (Å²) >= 11 is 0. The highest BCUT2D eigenvalue weighted by molar-refractivity contribution is 5.57. The topological polar surface area (TPSA) is 38.1 Å². The zero-order chi connectivity index (χ0) is 10.7. The molecule has 1 aromatic carbocycles. The molecule has 0 aliphatic rings. The van der Waals surface area contributed by atoms with Gasteiger partial charge in [0.15, 0.2) is 5.76 Å². The van der Waals surface area contributed by atoms with E-state index in [1.54, 1.807) is 24.3 Å². The molecule has 0 saturated heterocycles. The van der Waals surface area contributed by atoms with E-state index in [1.807, 2.05) is 7.05 Å². The van der Waals surface area contributed by atoms with Crippen molar-refractivity contribution in [1.29, 1.82) is 0 Å². The second kappa shape index (κ2) is 4.23. The number of aromatic nitrogens is 1. The van der Waals surface area contributed by atoms with Crippen molar-refractivity contribution in [3.05, 3.63) is 41.8 Å². The Balaban J connectivity index is 2.33. The molecule has 0 radical (unpaired) electrons. The van der Waals surface area contributed by atoms with Crippen molar-refractivity contribution in [2.24, 2.45) is 0 Å². The first-order chi connectivity index (χ1) is 7.31. The van der Waals surface area contributed by atoms with Crippen LogP contribution in [0.1, 0.15) is 5.69 Å². The quantitative estimate of drug-likeness (QED) is 0.836. The predicted molar refractivity (Wildman–Crippen MR) is 54.7 cm³/mol. The van der Waals surface area contributed by atoms with Crippen molar-refractivity contribution < 1.29 is 8.91 Å². The Morgan fingerprint density at radius 2 is 2.20 bits per heavy atom. The molecule has 0 amide bonds. The minimum absolute atomic E-state index is 0.301. The third kappa shape index (κ3) is 2.05. The number of nitrogens with one attached hydrogen (secondary N) is 1. The largest absolute Gasteiger partial charge is 0.356 e. The van der Waals surface area contributed by atoms with E-state index in [9.17, 15) is 4.39 Å². The third-order valence-electron chi connectivity index (χ3n) is 2.06. The number of rotatable bonds is 3. The predicted octanol–water partition coefficient (Wildman–Crippen LogP) is 2.20. The summed E-state index contributed by atoms with van der Waals surface area (Å²) in [6, 6.07) is 8.20. The fourth-order valence-electron chi connectivity index (χ4n) is 1.36. The molecule has 0 aliphatic heterocycles. The van der Waals surface area contributed by atoms with Crippen LogP contribution < -0.4 is 5.32 Å². The monoisotopic (exact) mass is 206 g/mol. The van der Waals surface area contributed by atoms with E-state index in [4.69, 9.17) is 4.52 Å². The molecule has 0 aliphatic carbocycles. The van der Waals surface area contributed by atoms with Crippen molar-refractivity contribution in [2.75, 3.05) is 7.05 Å². The van der Waals surface area contributed by atoms with Gasteiger partial charge in [0.25, 0.3) is 0 Å². The first-order valence-electron chi connectivity index (χ1n) is 4.66. The number of hydrogen-bond donors (Lipinski definition) is 1. The van der Waals surface area contributed by atoms with Crippen LogP contribution in [0.15, 0.2) is 34.9 Å². The van der Waals surface area contributed by atoms with E-state index in [0.29, 0.717) is 17.9 Å². The maximum atomic E-state index is 13.4. The van der Waals surface area contributed by atoms with Crippen LogP contribution in [0.25, 0.3) is 11.3 Å². The van der Waals surface area contributed by atoms with E-state index in [1.165, 1.54) is 6.07 Å². The van der Waals surface area contributed by atoms with Gasteiger partial charge in [-0.15, -0.1) is 0 Å². The lowest BCUT2D eigenvalue weighted by Gasteiger charge is -1.95. The van der Waals surface area contributed by atoms with Gasteiger partial charge < -0.3 is 9.84 Å². The molecule has 4 heteroatoms. The summed E-state index contributed by atoms with van der Waals surface area (Å²) in [5.74, 6) is 0.156. The Hall–Kier alpha value is -1.68. The summed E-state index contributed by atoms with van der Waals surface area (Å²) in [6.07, 6.45) is 0. The van der Waals surface area contributed by atoms with Crippen molar-refractivity contribution in [3.63, 3.8) is 0 Å². The molecule has 2 rings (SSSR count). The fraction of sp³-hybridized carbons (Fsp3) is 0.182. The molecule has 0 atom stereocenters. The maximum Gasteiger partial charge on any atom is 0.170 e. The average Bonchev–Trinajstić information content (AvgIpc) is 2.68. The highest BCUT2D eigenvalue weighted by Crippen LogP contribution is 2.22. The average molecular weight is 206 g/mol. The fourth-order valence-corrected chi connectivity index (χ4v) is 1.36. The summed E-state index contributed by atoms with van der Waals surface area (Å²) in [5, 5.41) is 6.77. The Morgan fingerprint density at radius 1 is 1.40 bits per heavy atom. The van der Waals surface area contributed by atoms with E-state index in [-0.39, 0.29) is 5.82 Å². The molecule has 0 bridgehead atoms. The number of nitrogens with zero attached hydrogens (tertiary/aromatic N) is 1. The second-order valence-corrected chi connectivity index (χ2v) is 3.19. The van der Waals surface area contributed by atoms with Crippen LogP contribution in [0, 0.1) is 5.82 Å². The van der Waals surface area contributed by atoms with Gasteiger partial charge in [-0.3, -0.25) is 0 Å². The van der Waals surface area contributed by atoms with Crippen LogP contribution in [0.4, 0.5) is 4.39 Å². The molecular weight excluding hydrogens is 195 g/mol. The standard InChI is InChI=1S/C11H11FN2O/c1-13-7-8-6-11(15-14-8)9-4-2-3-5-10(9)12/h2-6,13H,7H2,1H3. The van der Waals surface area contributed by atoms with Gasteiger partial charge in [-0.25, -0.2) is 4.39 Å². The van der Waals surface area contributed by atoms with Crippen LogP contribution in [0.2, 0.25) is 0 Å². The number of halogens is 1. The third-order valence-corrected chi connectivity index (χ3v) is 2.06. The van der Waals surface area contributed by atoms with Gasteiger partial charge in [-0.2, -0.15) is 0 Å². The van der Waals surface area contributed by atoms with Gasteiger partial charge in [-0.1, -0.05) is 17.3 Å². The maximum absolute atomic E-state index is 13.4. The molecule has 1 aromatic heterocycles. The highest BCUT2D eigenvalue weighted by Gasteiger charge is 2.09. The molecular formula is C11H11FN2O. The minimum Gasteiger partial charge on any atom is -0.356 e. The van der Waals surface area contributed by atoms with Crippen LogP contribution in [0.5, 0.6) is 0 Å². The van der Waals surface area contributed by atoms with Crippen molar-refractivity contribution in [1.82, 2.24) is 10.5 Å². The molecule has 78 valence electrons. The van der Waals surface area contributed by atoms with Crippen LogP contribution in [0.3, 0.4) is 0 Å². The van der Waals surface area contributed by atoms with Gasteiger partial charge in [0.05, 0.1) is 11.3 Å². The molecule has 15 heavy (non-hydrogen) atoms. The molecule has 2 aromatic rings. The molecule has 1 heterocycles. The van der Waals surface area contributed by atoms with Crippen molar-refractivity contribution in [2.45, 2.75) is 6.54 Å². The lowest BCUT2D eigenvalue weighted by molar-refractivity contribution is 0.419. The SMILES string of the molecule is CNCc1cc(-c2ccccc2F)on1. The zero-order valence-electron chi connectivity index (χ0n) is 8.33. The first kappa shape index (κ1) is 9.86. The zero-order valence-corrected chi connectivity index (χ0v) is 8.33. The minimum atomic E-state index is -0.301. The van der Waals surface area contributed by atoms with Crippen LogP contribution >= 0.6 is 0 Å². The highest BCUT2D eigenvalue weighted by atomic mass is 19.1. The van der Waals surface area contributed by atoms with Gasteiger partial charge in [0, 0.05) is 12.6 Å².